The number of nitrogens with zero attached hydrogens (tertiary/aromatic N) is 2. The van der Waals surface area contributed by atoms with Gasteiger partial charge < -0.3 is 4.90 Å². The van der Waals surface area contributed by atoms with Crippen molar-refractivity contribution in [1.29, 1.82) is 0 Å². The number of rotatable bonds is 3. The van der Waals surface area contributed by atoms with E-state index in [2.05, 4.69) is 18.8 Å². The molecule has 4 heteroatoms. The second kappa shape index (κ2) is 5.27. The Balaban J connectivity index is 2.12. The van der Waals surface area contributed by atoms with E-state index in [1.54, 1.807) is 18.2 Å². The highest BCUT2D eigenvalue weighted by Crippen LogP contribution is 2.37. The number of carbonyl (C=O) groups excluding carboxylic acids is 1. The second-order valence-corrected chi connectivity index (χ2v) is 5.42. The maximum atomic E-state index is 12.3. The van der Waals surface area contributed by atoms with Crippen molar-refractivity contribution in [3.63, 3.8) is 0 Å². The van der Waals surface area contributed by atoms with Crippen LogP contribution in [0.4, 0.5) is 0 Å². The van der Waals surface area contributed by atoms with Gasteiger partial charge in [-0.3, -0.25) is 4.79 Å². The van der Waals surface area contributed by atoms with Crippen molar-refractivity contribution >= 4 is 17.5 Å². The minimum atomic E-state index is 0.00118. The van der Waals surface area contributed by atoms with E-state index in [-0.39, 0.29) is 5.91 Å². The van der Waals surface area contributed by atoms with Crippen molar-refractivity contribution in [3.8, 4) is 0 Å². The molecule has 0 aliphatic carbocycles. The summed E-state index contributed by atoms with van der Waals surface area (Å²) in [6.45, 7) is 6.08. The minimum Gasteiger partial charge on any atom is -0.337 e. The summed E-state index contributed by atoms with van der Waals surface area (Å²) >= 11 is 5.82. The summed E-state index contributed by atoms with van der Waals surface area (Å²) < 4.78 is 0. The Labute approximate surface area is 113 Å². The van der Waals surface area contributed by atoms with Crippen LogP contribution in [0.15, 0.2) is 18.2 Å². The lowest BCUT2D eigenvalue weighted by Gasteiger charge is -2.26. The molecular formula is C14H19ClN2O. The predicted molar refractivity (Wildman–Crippen MR) is 72.8 cm³/mol. The maximum absolute atomic E-state index is 12.3. The lowest BCUT2D eigenvalue weighted by atomic mass is 9.82. The Morgan fingerprint density at radius 2 is 2.17 bits per heavy atom. The Hall–Kier alpha value is -1.09. The molecule has 0 N–H and O–H groups in total. The molecule has 1 aromatic heterocycles. The summed E-state index contributed by atoms with van der Waals surface area (Å²) in [5, 5.41) is 0.372. The topological polar surface area (TPSA) is 33.2 Å². The van der Waals surface area contributed by atoms with Crippen LogP contribution >= 0.6 is 11.6 Å². The smallest absolute Gasteiger partial charge is 0.272 e. The monoisotopic (exact) mass is 266 g/mol. The van der Waals surface area contributed by atoms with Crippen LogP contribution in [-0.2, 0) is 0 Å². The second-order valence-electron chi connectivity index (χ2n) is 5.03. The van der Waals surface area contributed by atoms with E-state index in [4.69, 9.17) is 11.6 Å². The van der Waals surface area contributed by atoms with E-state index in [1.165, 1.54) is 0 Å². The molecule has 0 saturated carbocycles. The quantitative estimate of drug-likeness (QED) is 0.786. The number of aromatic nitrogens is 1. The zero-order chi connectivity index (χ0) is 13.2. The van der Waals surface area contributed by atoms with Gasteiger partial charge in [-0.2, -0.15) is 0 Å². The number of carbonyl (C=O) groups is 1. The van der Waals surface area contributed by atoms with Crippen LogP contribution in [0.2, 0.25) is 5.15 Å². The van der Waals surface area contributed by atoms with Gasteiger partial charge in [-0.1, -0.05) is 31.5 Å². The van der Waals surface area contributed by atoms with Gasteiger partial charge in [0.1, 0.15) is 10.8 Å². The Morgan fingerprint density at radius 1 is 1.44 bits per heavy atom. The molecule has 1 amide bonds. The number of hydrogen-bond acceptors (Lipinski definition) is 2. The zero-order valence-corrected chi connectivity index (χ0v) is 11.7. The van der Waals surface area contributed by atoms with Gasteiger partial charge in [-0.15, -0.1) is 0 Å². The highest BCUT2D eigenvalue weighted by Gasteiger charge is 2.37. The van der Waals surface area contributed by atoms with Crippen molar-refractivity contribution in [2.24, 2.45) is 5.41 Å². The summed E-state index contributed by atoms with van der Waals surface area (Å²) in [5.41, 5.74) is 0.749. The number of hydrogen-bond donors (Lipinski definition) is 0. The molecule has 0 atom stereocenters. The molecule has 0 aromatic carbocycles. The fraction of sp³-hybridized carbons (Fsp3) is 0.571. The summed E-state index contributed by atoms with van der Waals surface area (Å²) in [7, 11) is 0. The van der Waals surface area contributed by atoms with Gasteiger partial charge in [0.2, 0.25) is 0 Å². The van der Waals surface area contributed by atoms with Crippen molar-refractivity contribution in [1.82, 2.24) is 9.88 Å². The van der Waals surface area contributed by atoms with E-state index >= 15 is 0 Å². The van der Waals surface area contributed by atoms with Gasteiger partial charge in [-0.25, -0.2) is 4.98 Å². The highest BCUT2D eigenvalue weighted by atomic mass is 35.5. The average molecular weight is 267 g/mol. The van der Waals surface area contributed by atoms with E-state index in [1.807, 2.05) is 4.90 Å². The molecule has 1 saturated heterocycles. The number of amides is 1. The highest BCUT2D eigenvalue weighted by molar-refractivity contribution is 6.29. The van der Waals surface area contributed by atoms with Gasteiger partial charge in [0, 0.05) is 13.1 Å². The zero-order valence-electron chi connectivity index (χ0n) is 10.9. The molecule has 0 bridgehead atoms. The van der Waals surface area contributed by atoms with Crippen molar-refractivity contribution in [3.05, 3.63) is 29.0 Å². The van der Waals surface area contributed by atoms with Crippen LogP contribution < -0.4 is 0 Å². The van der Waals surface area contributed by atoms with Crippen molar-refractivity contribution in [2.75, 3.05) is 13.1 Å². The molecule has 98 valence electrons. The van der Waals surface area contributed by atoms with E-state index in [9.17, 15) is 4.79 Å². The Bertz CT molecular complexity index is 443. The molecule has 0 spiro atoms. The van der Waals surface area contributed by atoms with E-state index in [0.717, 1.165) is 32.4 Å². The van der Waals surface area contributed by atoms with Gasteiger partial charge >= 0.3 is 0 Å². The lowest BCUT2D eigenvalue weighted by Crippen LogP contribution is -2.32. The fourth-order valence-electron chi connectivity index (χ4n) is 2.63. The van der Waals surface area contributed by atoms with Crippen LogP contribution in [0.25, 0.3) is 0 Å². The Kier molecular flexibility index (Phi) is 3.91. The molecule has 3 nitrogen and oxygen atoms in total. The predicted octanol–water partition coefficient (Wildman–Crippen LogP) is 3.39. The first-order valence-corrected chi connectivity index (χ1v) is 6.90. The van der Waals surface area contributed by atoms with Crippen LogP contribution in [0.3, 0.4) is 0 Å². The summed E-state index contributed by atoms with van der Waals surface area (Å²) in [4.78, 5) is 18.3. The van der Waals surface area contributed by atoms with E-state index in [0.29, 0.717) is 16.3 Å². The molecule has 1 aliphatic rings. The number of halogens is 1. The van der Waals surface area contributed by atoms with Crippen LogP contribution in [0.5, 0.6) is 0 Å². The molecule has 0 radical (unpaired) electrons. The molecule has 0 unspecified atom stereocenters. The molecular weight excluding hydrogens is 248 g/mol. The molecule has 1 aliphatic heterocycles. The van der Waals surface area contributed by atoms with Crippen molar-refractivity contribution in [2.45, 2.75) is 33.1 Å². The van der Waals surface area contributed by atoms with Crippen LogP contribution in [0, 0.1) is 5.41 Å². The van der Waals surface area contributed by atoms with E-state index < -0.39 is 0 Å². The first kappa shape index (κ1) is 13.3. The largest absolute Gasteiger partial charge is 0.337 e. The van der Waals surface area contributed by atoms with Gasteiger partial charge in [-0.05, 0) is 36.8 Å². The number of likely N-dealkylation sites (tertiary alicyclic amines) is 1. The lowest BCUT2D eigenvalue weighted by molar-refractivity contribution is 0.0764. The summed E-state index contributed by atoms with van der Waals surface area (Å²) in [5.74, 6) is 0.00118. The first-order valence-electron chi connectivity index (χ1n) is 6.52. The first-order chi connectivity index (χ1) is 8.60. The Morgan fingerprint density at radius 3 is 2.72 bits per heavy atom. The number of pyridine rings is 1. The molecule has 2 rings (SSSR count). The van der Waals surface area contributed by atoms with Gasteiger partial charge in [0.05, 0.1) is 0 Å². The standard InChI is InChI=1S/C14H19ClN2O/c1-3-14(4-2)8-9-17(10-14)13(18)11-6-5-7-12(15)16-11/h5-7H,3-4,8-10H2,1-2H3. The SMILES string of the molecule is CCC1(CC)CCN(C(=O)c2cccc(Cl)n2)C1. The van der Waals surface area contributed by atoms with Gasteiger partial charge in [0.25, 0.3) is 5.91 Å². The summed E-state index contributed by atoms with van der Waals surface area (Å²) in [6, 6.07) is 5.18. The summed E-state index contributed by atoms with van der Waals surface area (Å²) in [6.07, 6.45) is 3.33. The third-order valence-electron chi connectivity index (χ3n) is 4.16. The van der Waals surface area contributed by atoms with Crippen molar-refractivity contribution < 1.29 is 4.79 Å². The molecule has 1 fully saturated rings. The van der Waals surface area contributed by atoms with Crippen LogP contribution in [0.1, 0.15) is 43.6 Å². The van der Waals surface area contributed by atoms with Gasteiger partial charge in [0.15, 0.2) is 0 Å². The third kappa shape index (κ3) is 2.51. The molecule has 2 heterocycles. The third-order valence-corrected chi connectivity index (χ3v) is 4.37. The normalized spacial score (nSPS) is 18.1. The molecule has 18 heavy (non-hydrogen) atoms. The van der Waals surface area contributed by atoms with Crippen LogP contribution in [-0.4, -0.2) is 28.9 Å². The average Bonchev–Trinajstić information content (AvgIpc) is 2.83. The minimum absolute atomic E-state index is 0.00118. The maximum Gasteiger partial charge on any atom is 0.272 e. The fourth-order valence-corrected chi connectivity index (χ4v) is 2.79. The molecule has 1 aromatic rings.